The summed E-state index contributed by atoms with van der Waals surface area (Å²) < 4.78 is 4.62. The van der Waals surface area contributed by atoms with Crippen LogP contribution in [-0.4, -0.2) is 37.5 Å². The molecule has 0 aliphatic rings. The van der Waals surface area contributed by atoms with E-state index < -0.39 is 0 Å². The van der Waals surface area contributed by atoms with E-state index in [1.54, 1.807) is 11.9 Å². The largest absolute Gasteiger partial charge is 0.469 e. The third-order valence-electron chi connectivity index (χ3n) is 4.09. The monoisotopic (exact) mass is 325 g/mol. The van der Waals surface area contributed by atoms with Crippen LogP contribution in [0.5, 0.6) is 0 Å². The fourth-order valence-corrected chi connectivity index (χ4v) is 2.62. The lowest BCUT2D eigenvalue weighted by molar-refractivity contribution is -0.141. The first-order valence-electron chi connectivity index (χ1n) is 8.02. The number of hydrogen-bond acceptors (Lipinski definition) is 3. The van der Waals surface area contributed by atoms with Crippen molar-refractivity contribution in [3.8, 4) is 0 Å². The molecule has 0 unspecified atom stereocenters. The standard InChI is InChI=1S/C20H23NO3/c1-21(14-13-20(23)24-2)19(22)15-18(16-9-5-3-6-10-16)17-11-7-4-8-12-17/h3-12,18H,13-15H2,1-2H3. The van der Waals surface area contributed by atoms with Gasteiger partial charge in [0, 0.05) is 25.9 Å². The van der Waals surface area contributed by atoms with Crippen LogP contribution < -0.4 is 0 Å². The van der Waals surface area contributed by atoms with Gasteiger partial charge in [-0.25, -0.2) is 0 Å². The SMILES string of the molecule is COC(=O)CCN(C)C(=O)CC(c1ccccc1)c1ccccc1. The second-order valence-electron chi connectivity index (χ2n) is 5.72. The molecule has 0 bridgehead atoms. The summed E-state index contributed by atoms with van der Waals surface area (Å²) in [6, 6.07) is 20.0. The van der Waals surface area contributed by atoms with Gasteiger partial charge >= 0.3 is 5.97 Å². The molecular formula is C20H23NO3. The van der Waals surface area contributed by atoms with Crippen molar-refractivity contribution in [3.05, 3.63) is 71.8 Å². The molecular weight excluding hydrogens is 302 g/mol. The maximum Gasteiger partial charge on any atom is 0.307 e. The Labute approximate surface area is 143 Å². The third kappa shape index (κ3) is 4.95. The second-order valence-corrected chi connectivity index (χ2v) is 5.72. The Hall–Kier alpha value is -2.62. The highest BCUT2D eigenvalue weighted by atomic mass is 16.5. The molecule has 0 saturated heterocycles. The minimum atomic E-state index is -0.308. The topological polar surface area (TPSA) is 46.6 Å². The van der Waals surface area contributed by atoms with Crippen molar-refractivity contribution in [1.29, 1.82) is 0 Å². The number of benzene rings is 2. The number of amides is 1. The fourth-order valence-electron chi connectivity index (χ4n) is 2.62. The molecule has 126 valence electrons. The van der Waals surface area contributed by atoms with Gasteiger partial charge in [0.2, 0.25) is 5.91 Å². The summed E-state index contributed by atoms with van der Waals surface area (Å²) in [6.45, 7) is 0.363. The summed E-state index contributed by atoms with van der Waals surface area (Å²) in [7, 11) is 3.07. The molecule has 0 aromatic heterocycles. The highest BCUT2D eigenvalue weighted by Gasteiger charge is 2.20. The highest BCUT2D eigenvalue weighted by Crippen LogP contribution is 2.28. The molecule has 24 heavy (non-hydrogen) atoms. The number of methoxy groups -OCH3 is 1. The lowest BCUT2D eigenvalue weighted by atomic mass is 9.88. The number of carbonyl (C=O) groups excluding carboxylic acids is 2. The van der Waals surface area contributed by atoms with Crippen LogP contribution >= 0.6 is 0 Å². The number of esters is 1. The minimum absolute atomic E-state index is 0.000441. The molecule has 2 aromatic rings. The first-order chi connectivity index (χ1) is 11.6. The number of rotatable bonds is 7. The zero-order valence-corrected chi connectivity index (χ0v) is 14.1. The van der Waals surface area contributed by atoms with E-state index in [-0.39, 0.29) is 24.2 Å². The average Bonchev–Trinajstić information content (AvgIpc) is 2.65. The Balaban J connectivity index is 2.11. The maximum atomic E-state index is 12.6. The van der Waals surface area contributed by atoms with E-state index in [9.17, 15) is 9.59 Å². The Morgan fingerprint density at radius 1 is 0.958 bits per heavy atom. The van der Waals surface area contributed by atoms with Crippen molar-refractivity contribution in [1.82, 2.24) is 4.90 Å². The van der Waals surface area contributed by atoms with E-state index >= 15 is 0 Å². The van der Waals surface area contributed by atoms with Gasteiger partial charge in [-0.2, -0.15) is 0 Å². The van der Waals surface area contributed by atoms with Crippen LogP contribution in [0.15, 0.2) is 60.7 Å². The minimum Gasteiger partial charge on any atom is -0.469 e. The van der Waals surface area contributed by atoms with Gasteiger partial charge in [0.25, 0.3) is 0 Å². The van der Waals surface area contributed by atoms with Crippen molar-refractivity contribution in [2.75, 3.05) is 20.7 Å². The third-order valence-corrected chi connectivity index (χ3v) is 4.09. The Morgan fingerprint density at radius 3 is 1.92 bits per heavy atom. The first kappa shape index (κ1) is 17.7. The molecule has 2 rings (SSSR count). The molecule has 0 radical (unpaired) electrons. The molecule has 0 atom stereocenters. The quantitative estimate of drug-likeness (QED) is 0.734. The predicted octanol–water partition coefficient (Wildman–Crippen LogP) is 3.23. The summed E-state index contributed by atoms with van der Waals surface area (Å²) in [6.07, 6.45) is 0.575. The fraction of sp³-hybridized carbons (Fsp3) is 0.300. The van der Waals surface area contributed by atoms with E-state index in [2.05, 4.69) is 4.74 Å². The summed E-state index contributed by atoms with van der Waals surface area (Å²) in [4.78, 5) is 25.4. The molecule has 0 saturated carbocycles. The van der Waals surface area contributed by atoms with Crippen molar-refractivity contribution < 1.29 is 14.3 Å². The van der Waals surface area contributed by atoms with Crippen molar-refractivity contribution in [3.63, 3.8) is 0 Å². The highest BCUT2D eigenvalue weighted by molar-refractivity contribution is 5.78. The van der Waals surface area contributed by atoms with Gasteiger partial charge in [0.05, 0.1) is 13.5 Å². The molecule has 4 nitrogen and oxygen atoms in total. The summed E-state index contributed by atoms with van der Waals surface area (Å²) in [5, 5.41) is 0. The lowest BCUT2D eigenvalue weighted by Crippen LogP contribution is -2.30. The van der Waals surface area contributed by atoms with E-state index in [1.807, 2.05) is 60.7 Å². The Bertz CT molecular complexity index is 616. The number of carbonyl (C=O) groups is 2. The Morgan fingerprint density at radius 2 is 1.46 bits per heavy atom. The van der Waals surface area contributed by atoms with Crippen molar-refractivity contribution in [2.24, 2.45) is 0 Å². The number of hydrogen-bond donors (Lipinski definition) is 0. The van der Waals surface area contributed by atoms with Crippen LogP contribution in [-0.2, 0) is 14.3 Å². The van der Waals surface area contributed by atoms with E-state index in [0.29, 0.717) is 13.0 Å². The molecule has 0 aliphatic carbocycles. The van der Waals surface area contributed by atoms with Crippen LogP contribution in [0, 0.1) is 0 Å². The molecule has 0 aliphatic heterocycles. The van der Waals surface area contributed by atoms with Crippen LogP contribution in [0.1, 0.15) is 29.9 Å². The molecule has 2 aromatic carbocycles. The summed E-state index contributed by atoms with van der Waals surface area (Å²) in [5.74, 6) is -0.297. The molecule has 0 N–H and O–H groups in total. The van der Waals surface area contributed by atoms with E-state index in [0.717, 1.165) is 11.1 Å². The van der Waals surface area contributed by atoms with Gasteiger partial charge in [-0.3, -0.25) is 9.59 Å². The lowest BCUT2D eigenvalue weighted by Gasteiger charge is -2.22. The van der Waals surface area contributed by atoms with Gasteiger partial charge in [-0.1, -0.05) is 60.7 Å². The molecule has 4 heteroatoms. The number of nitrogens with zero attached hydrogens (tertiary/aromatic N) is 1. The van der Waals surface area contributed by atoms with Gasteiger partial charge in [0.1, 0.15) is 0 Å². The molecule has 0 fully saturated rings. The van der Waals surface area contributed by atoms with Crippen LogP contribution in [0.2, 0.25) is 0 Å². The van der Waals surface area contributed by atoms with Crippen molar-refractivity contribution in [2.45, 2.75) is 18.8 Å². The zero-order valence-electron chi connectivity index (χ0n) is 14.1. The zero-order chi connectivity index (χ0) is 17.4. The first-order valence-corrected chi connectivity index (χ1v) is 8.02. The Kier molecular flexibility index (Phi) is 6.55. The van der Waals surface area contributed by atoms with E-state index in [4.69, 9.17) is 0 Å². The van der Waals surface area contributed by atoms with Crippen LogP contribution in [0.25, 0.3) is 0 Å². The van der Waals surface area contributed by atoms with Crippen LogP contribution in [0.4, 0.5) is 0 Å². The van der Waals surface area contributed by atoms with Gasteiger partial charge in [-0.05, 0) is 11.1 Å². The normalized spacial score (nSPS) is 10.5. The maximum absolute atomic E-state index is 12.6. The van der Waals surface area contributed by atoms with Crippen LogP contribution in [0.3, 0.4) is 0 Å². The summed E-state index contributed by atoms with van der Waals surface area (Å²) >= 11 is 0. The molecule has 1 amide bonds. The van der Waals surface area contributed by atoms with Gasteiger partial charge < -0.3 is 9.64 Å². The average molecular weight is 325 g/mol. The smallest absolute Gasteiger partial charge is 0.307 e. The van der Waals surface area contributed by atoms with Gasteiger partial charge in [-0.15, -0.1) is 0 Å². The summed E-state index contributed by atoms with van der Waals surface area (Å²) in [5.41, 5.74) is 2.22. The second kappa shape index (κ2) is 8.87. The molecule has 0 heterocycles. The predicted molar refractivity (Wildman–Crippen MR) is 93.6 cm³/mol. The van der Waals surface area contributed by atoms with Crippen molar-refractivity contribution >= 4 is 11.9 Å². The van der Waals surface area contributed by atoms with Gasteiger partial charge in [0.15, 0.2) is 0 Å². The number of ether oxygens (including phenoxy) is 1. The van der Waals surface area contributed by atoms with E-state index in [1.165, 1.54) is 7.11 Å². The molecule has 0 spiro atoms.